The molecule has 3 heterocycles. The Morgan fingerprint density at radius 2 is 2.24 bits per heavy atom. The average Bonchev–Trinajstić information content (AvgIpc) is 3.23. The molecule has 1 aliphatic heterocycles. The van der Waals surface area contributed by atoms with E-state index >= 15 is 0 Å². The van der Waals surface area contributed by atoms with Gasteiger partial charge in [-0.2, -0.15) is 5.10 Å². The van der Waals surface area contributed by atoms with Gasteiger partial charge in [0.15, 0.2) is 0 Å². The lowest BCUT2D eigenvalue weighted by atomic mass is 9.94. The summed E-state index contributed by atoms with van der Waals surface area (Å²) in [6, 6.07) is 10.6. The lowest BCUT2D eigenvalue weighted by Crippen LogP contribution is -2.35. The standard InChI is InChI=1S/C19H22N4O2/c24-19(25)13-23-18(6-8-21-23)16-2-1-9-22(12-16)11-14-3-4-17-15(10-14)5-7-20-17/h3-8,10,16,20H,1-2,9,11-13H2,(H,24,25)/t16-/m0/s1. The Kier molecular flexibility index (Phi) is 4.28. The summed E-state index contributed by atoms with van der Waals surface area (Å²) in [6.45, 7) is 2.87. The third kappa shape index (κ3) is 3.44. The van der Waals surface area contributed by atoms with E-state index in [0.29, 0.717) is 5.92 Å². The molecule has 0 spiro atoms. The van der Waals surface area contributed by atoms with Gasteiger partial charge in [0.05, 0.1) is 0 Å². The number of hydrogen-bond acceptors (Lipinski definition) is 3. The van der Waals surface area contributed by atoms with Crippen LogP contribution < -0.4 is 0 Å². The van der Waals surface area contributed by atoms with Crippen LogP contribution >= 0.6 is 0 Å². The van der Waals surface area contributed by atoms with Gasteiger partial charge in [0.1, 0.15) is 6.54 Å². The van der Waals surface area contributed by atoms with Gasteiger partial charge in [-0.15, -0.1) is 0 Å². The number of H-pyrrole nitrogens is 1. The summed E-state index contributed by atoms with van der Waals surface area (Å²) in [5.74, 6) is -0.510. The summed E-state index contributed by atoms with van der Waals surface area (Å²) in [5.41, 5.74) is 3.51. The molecule has 1 aromatic carbocycles. The van der Waals surface area contributed by atoms with Crippen LogP contribution in [0.15, 0.2) is 42.7 Å². The Balaban J connectivity index is 1.47. The molecule has 1 aliphatic rings. The first-order valence-electron chi connectivity index (χ1n) is 8.71. The van der Waals surface area contributed by atoms with Crippen LogP contribution in [0.2, 0.25) is 0 Å². The van der Waals surface area contributed by atoms with Crippen LogP contribution in [-0.4, -0.2) is 43.8 Å². The van der Waals surface area contributed by atoms with Crippen molar-refractivity contribution in [2.45, 2.75) is 31.8 Å². The van der Waals surface area contributed by atoms with Crippen LogP contribution in [0.5, 0.6) is 0 Å². The molecule has 4 rings (SSSR count). The van der Waals surface area contributed by atoms with Crippen molar-refractivity contribution in [2.24, 2.45) is 0 Å². The highest BCUT2D eigenvalue weighted by Crippen LogP contribution is 2.28. The highest BCUT2D eigenvalue weighted by molar-refractivity contribution is 5.79. The Morgan fingerprint density at radius 3 is 3.12 bits per heavy atom. The molecule has 3 aromatic rings. The van der Waals surface area contributed by atoms with Crippen molar-refractivity contribution in [3.63, 3.8) is 0 Å². The first kappa shape index (κ1) is 15.9. The van der Waals surface area contributed by atoms with E-state index in [1.165, 1.54) is 10.9 Å². The van der Waals surface area contributed by atoms with Gasteiger partial charge in [-0.05, 0) is 54.6 Å². The molecule has 0 saturated carbocycles. The van der Waals surface area contributed by atoms with E-state index in [1.807, 2.05) is 12.3 Å². The van der Waals surface area contributed by atoms with Crippen molar-refractivity contribution in [1.29, 1.82) is 0 Å². The maximum Gasteiger partial charge on any atom is 0.325 e. The molecule has 0 amide bonds. The van der Waals surface area contributed by atoms with Crippen molar-refractivity contribution in [1.82, 2.24) is 19.7 Å². The summed E-state index contributed by atoms with van der Waals surface area (Å²) in [4.78, 5) is 16.7. The maximum atomic E-state index is 11.0. The molecule has 6 nitrogen and oxygen atoms in total. The molecule has 130 valence electrons. The van der Waals surface area contributed by atoms with E-state index in [1.54, 1.807) is 10.9 Å². The number of aliphatic carboxylic acids is 1. The van der Waals surface area contributed by atoms with Gasteiger partial charge < -0.3 is 10.1 Å². The van der Waals surface area contributed by atoms with Crippen LogP contribution in [0.4, 0.5) is 0 Å². The van der Waals surface area contributed by atoms with Crippen molar-refractivity contribution in [3.8, 4) is 0 Å². The zero-order valence-corrected chi connectivity index (χ0v) is 14.1. The Morgan fingerprint density at radius 1 is 1.32 bits per heavy atom. The number of aromatic nitrogens is 3. The third-order valence-corrected chi connectivity index (χ3v) is 4.98. The fraction of sp³-hybridized carbons (Fsp3) is 0.368. The number of carboxylic acids is 1. The number of nitrogens with zero attached hydrogens (tertiary/aromatic N) is 3. The number of carbonyl (C=O) groups is 1. The third-order valence-electron chi connectivity index (χ3n) is 4.98. The maximum absolute atomic E-state index is 11.0. The number of piperidine rings is 1. The summed E-state index contributed by atoms with van der Waals surface area (Å²) in [7, 11) is 0. The van der Waals surface area contributed by atoms with Crippen molar-refractivity contribution >= 4 is 16.9 Å². The smallest absolute Gasteiger partial charge is 0.325 e. The van der Waals surface area contributed by atoms with Gasteiger partial charge in [-0.1, -0.05) is 6.07 Å². The fourth-order valence-electron chi connectivity index (χ4n) is 3.85. The van der Waals surface area contributed by atoms with E-state index in [9.17, 15) is 4.79 Å². The number of carboxylic acid groups (broad SMARTS) is 1. The molecule has 6 heteroatoms. The van der Waals surface area contributed by atoms with Crippen LogP contribution in [0, 0.1) is 0 Å². The van der Waals surface area contributed by atoms with Crippen LogP contribution in [0.1, 0.15) is 30.0 Å². The zero-order chi connectivity index (χ0) is 17.2. The Labute approximate surface area is 146 Å². The minimum atomic E-state index is -0.850. The fourth-order valence-corrected chi connectivity index (χ4v) is 3.85. The first-order chi connectivity index (χ1) is 12.2. The SMILES string of the molecule is O=C(O)Cn1nccc1[C@H]1CCCN(Cc2ccc3[nH]ccc3c2)C1. The molecule has 1 atom stereocenters. The van der Waals surface area contributed by atoms with E-state index in [4.69, 9.17) is 5.11 Å². The van der Waals surface area contributed by atoms with Crippen molar-refractivity contribution in [2.75, 3.05) is 13.1 Å². The minimum absolute atomic E-state index is 0.0665. The van der Waals surface area contributed by atoms with Crippen LogP contribution in [0.3, 0.4) is 0 Å². The molecule has 25 heavy (non-hydrogen) atoms. The van der Waals surface area contributed by atoms with Gasteiger partial charge in [-0.25, -0.2) is 0 Å². The predicted molar refractivity (Wildman–Crippen MR) is 95.4 cm³/mol. The molecule has 1 fully saturated rings. The molecular formula is C19H22N4O2. The predicted octanol–water partition coefficient (Wildman–Crippen LogP) is 2.83. The lowest BCUT2D eigenvalue weighted by Gasteiger charge is -2.33. The van der Waals surface area contributed by atoms with Gasteiger partial charge in [0.25, 0.3) is 0 Å². The van der Waals surface area contributed by atoms with E-state index < -0.39 is 5.97 Å². The second-order valence-electron chi connectivity index (χ2n) is 6.78. The topological polar surface area (TPSA) is 74.2 Å². The first-order valence-corrected chi connectivity index (χ1v) is 8.71. The van der Waals surface area contributed by atoms with E-state index in [2.05, 4.69) is 39.2 Å². The molecule has 2 N–H and O–H groups in total. The lowest BCUT2D eigenvalue weighted by molar-refractivity contribution is -0.137. The largest absolute Gasteiger partial charge is 0.480 e. The molecule has 0 bridgehead atoms. The van der Waals surface area contributed by atoms with Gasteiger partial charge >= 0.3 is 5.97 Å². The van der Waals surface area contributed by atoms with Crippen molar-refractivity contribution < 1.29 is 9.90 Å². The molecule has 0 radical (unpaired) electrons. The Bertz CT molecular complexity index is 882. The van der Waals surface area contributed by atoms with Gasteiger partial charge in [0.2, 0.25) is 0 Å². The van der Waals surface area contributed by atoms with Gasteiger partial charge in [0, 0.05) is 42.6 Å². The molecular weight excluding hydrogens is 316 g/mol. The molecule has 1 saturated heterocycles. The zero-order valence-electron chi connectivity index (χ0n) is 14.1. The normalized spacial score (nSPS) is 18.6. The number of benzene rings is 1. The van der Waals surface area contributed by atoms with E-state index in [-0.39, 0.29) is 6.54 Å². The Hall–Kier alpha value is -2.60. The molecule has 0 unspecified atom stereocenters. The number of nitrogens with one attached hydrogen (secondary N) is 1. The molecule has 0 aliphatic carbocycles. The van der Waals surface area contributed by atoms with Crippen molar-refractivity contribution in [3.05, 3.63) is 54.0 Å². The minimum Gasteiger partial charge on any atom is -0.480 e. The summed E-state index contributed by atoms with van der Waals surface area (Å²) in [6.07, 6.45) is 5.88. The second kappa shape index (κ2) is 6.72. The number of aromatic amines is 1. The number of hydrogen-bond donors (Lipinski definition) is 2. The van der Waals surface area contributed by atoms with E-state index in [0.717, 1.165) is 43.7 Å². The monoisotopic (exact) mass is 338 g/mol. The van der Waals surface area contributed by atoms with Gasteiger partial charge in [-0.3, -0.25) is 14.4 Å². The molecule has 2 aromatic heterocycles. The van der Waals surface area contributed by atoms with Crippen LogP contribution in [-0.2, 0) is 17.9 Å². The summed E-state index contributed by atoms with van der Waals surface area (Å²) in [5, 5.41) is 14.5. The average molecular weight is 338 g/mol. The number of fused-ring (bicyclic) bond motifs is 1. The quantitative estimate of drug-likeness (QED) is 0.750. The van der Waals surface area contributed by atoms with Crippen LogP contribution in [0.25, 0.3) is 10.9 Å². The summed E-state index contributed by atoms with van der Waals surface area (Å²) < 4.78 is 1.63. The number of rotatable bonds is 5. The number of likely N-dealkylation sites (tertiary alicyclic amines) is 1. The summed E-state index contributed by atoms with van der Waals surface area (Å²) >= 11 is 0. The highest BCUT2D eigenvalue weighted by Gasteiger charge is 2.24. The highest BCUT2D eigenvalue weighted by atomic mass is 16.4. The second-order valence-corrected chi connectivity index (χ2v) is 6.78.